The van der Waals surface area contributed by atoms with Gasteiger partial charge in [-0.2, -0.15) is 0 Å². The molecular weight excluding hydrogens is 238 g/mol. The predicted molar refractivity (Wildman–Crippen MR) is 78.2 cm³/mol. The largest absolute Gasteiger partial charge is 0.353 e. The molecule has 1 aromatic carbocycles. The lowest BCUT2D eigenvalue weighted by Gasteiger charge is -2.17. The number of aromatic nitrogens is 3. The summed E-state index contributed by atoms with van der Waals surface area (Å²) in [5, 5.41) is 11.4. The van der Waals surface area contributed by atoms with Gasteiger partial charge in [0.25, 0.3) is 0 Å². The molecule has 0 fully saturated rings. The standard InChI is InChI=1S/C14H21N5/c1-3-19(4-2)11-7-10-15-14-16-12-8-5-6-9-13(12)17-18-14/h5-6,8-9H,3-4,7,10-11H2,1-2H3,(H,15,16,18). The maximum absolute atomic E-state index is 4.43. The molecule has 1 N–H and O–H groups in total. The van der Waals surface area contributed by atoms with Gasteiger partial charge in [0, 0.05) is 6.54 Å². The van der Waals surface area contributed by atoms with Crippen molar-refractivity contribution in [2.45, 2.75) is 20.3 Å². The molecule has 0 aliphatic carbocycles. The molecule has 5 heteroatoms. The molecule has 102 valence electrons. The van der Waals surface area contributed by atoms with Crippen molar-refractivity contribution in [1.29, 1.82) is 0 Å². The summed E-state index contributed by atoms with van der Waals surface area (Å²) >= 11 is 0. The van der Waals surface area contributed by atoms with Crippen LogP contribution in [0.3, 0.4) is 0 Å². The molecule has 19 heavy (non-hydrogen) atoms. The third-order valence-electron chi connectivity index (χ3n) is 3.19. The highest BCUT2D eigenvalue weighted by atomic mass is 15.2. The highest BCUT2D eigenvalue weighted by Crippen LogP contribution is 2.08. The molecule has 0 spiro atoms. The zero-order valence-corrected chi connectivity index (χ0v) is 11.6. The summed E-state index contributed by atoms with van der Waals surface area (Å²) in [6, 6.07) is 7.77. The van der Waals surface area contributed by atoms with Crippen molar-refractivity contribution in [3.05, 3.63) is 24.3 Å². The third-order valence-corrected chi connectivity index (χ3v) is 3.19. The number of nitrogens with one attached hydrogen (secondary N) is 1. The summed E-state index contributed by atoms with van der Waals surface area (Å²) in [7, 11) is 0. The molecule has 0 radical (unpaired) electrons. The Morgan fingerprint density at radius 2 is 1.79 bits per heavy atom. The summed E-state index contributed by atoms with van der Waals surface area (Å²) < 4.78 is 0. The zero-order chi connectivity index (χ0) is 13.5. The average Bonchev–Trinajstić information content (AvgIpc) is 2.47. The highest BCUT2D eigenvalue weighted by Gasteiger charge is 2.01. The van der Waals surface area contributed by atoms with Crippen molar-refractivity contribution < 1.29 is 0 Å². The van der Waals surface area contributed by atoms with E-state index >= 15 is 0 Å². The van der Waals surface area contributed by atoms with Crippen LogP contribution in [0.5, 0.6) is 0 Å². The second-order valence-electron chi connectivity index (χ2n) is 4.43. The maximum Gasteiger partial charge on any atom is 0.243 e. The molecule has 0 aliphatic rings. The Hall–Kier alpha value is -1.75. The van der Waals surface area contributed by atoms with Crippen molar-refractivity contribution in [2.75, 3.05) is 31.5 Å². The summed E-state index contributed by atoms with van der Waals surface area (Å²) in [5.74, 6) is 0.609. The van der Waals surface area contributed by atoms with Gasteiger partial charge in [-0.25, -0.2) is 4.98 Å². The second kappa shape index (κ2) is 6.99. The van der Waals surface area contributed by atoms with Crippen molar-refractivity contribution >= 4 is 17.0 Å². The first-order valence-electron chi connectivity index (χ1n) is 6.89. The van der Waals surface area contributed by atoms with E-state index in [1.165, 1.54) is 0 Å². The first-order chi connectivity index (χ1) is 9.33. The van der Waals surface area contributed by atoms with E-state index in [1.807, 2.05) is 24.3 Å². The van der Waals surface area contributed by atoms with Gasteiger partial charge in [-0.3, -0.25) is 0 Å². The van der Waals surface area contributed by atoms with Crippen LogP contribution in [0, 0.1) is 0 Å². The van der Waals surface area contributed by atoms with Crippen LogP contribution in [0.25, 0.3) is 11.0 Å². The molecule has 1 aromatic heterocycles. The Kier molecular flexibility index (Phi) is 5.03. The summed E-state index contributed by atoms with van der Waals surface area (Å²) in [4.78, 5) is 6.84. The van der Waals surface area contributed by atoms with Crippen molar-refractivity contribution in [2.24, 2.45) is 0 Å². The van der Waals surface area contributed by atoms with Gasteiger partial charge in [-0.05, 0) is 38.2 Å². The van der Waals surface area contributed by atoms with Gasteiger partial charge >= 0.3 is 0 Å². The topological polar surface area (TPSA) is 53.9 Å². The monoisotopic (exact) mass is 259 g/mol. The molecule has 2 rings (SSSR count). The van der Waals surface area contributed by atoms with E-state index in [4.69, 9.17) is 0 Å². The number of fused-ring (bicyclic) bond motifs is 1. The number of anilines is 1. The highest BCUT2D eigenvalue weighted by molar-refractivity contribution is 5.73. The fourth-order valence-electron chi connectivity index (χ4n) is 2.00. The lowest BCUT2D eigenvalue weighted by molar-refractivity contribution is 0.303. The molecule has 0 saturated carbocycles. The van der Waals surface area contributed by atoms with Gasteiger partial charge in [0.1, 0.15) is 5.52 Å². The van der Waals surface area contributed by atoms with Crippen LogP contribution in [0.1, 0.15) is 20.3 Å². The zero-order valence-electron chi connectivity index (χ0n) is 11.6. The Balaban J connectivity index is 1.84. The second-order valence-corrected chi connectivity index (χ2v) is 4.43. The molecule has 0 unspecified atom stereocenters. The molecule has 0 aliphatic heterocycles. The van der Waals surface area contributed by atoms with Crippen LogP contribution in [0.4, 0.5) is 5.95 Å². The lowest BCUT2D eigenvalue weighted by Crippen LogP contribution is -2.25. The first-order valence-corrected chi connectivity index (χ1v) is 6.89. The molecule has 0 atom stereocenters. The minimum absolute atomic E-state index is 0.609. The molecular formula is C14H21N5. The first kappa shape index (κ1) is 13.7. The molecule has 0 bridgehead atoms. The third kappa shape index (κ3) is 3.86. The minimum Gasteiger partial charge on any atom is -0.353 e. The smallest absolute Gasteiger partial charge is 0.243 e. The Morgan fingerprint density at radius 3 is 2.53 bits per heavy atom. The van der Waals surface area contributed by atoms with E-state index < -0.39 is 0 Å². The Morgan fingerprint density at radius 1 is 1.05 bits per heavy atom. The van der Waals surface area contributed by atoms with E-state index in [2.05, 4.69) is 39.2 Å². The normalized spacial score (nSPS) is 11.1. The van der Waals surface area contributed by atoms with Crippen LogP contribution >= 0.6 is 0 Å². The van der Waals surface area contributed by atoms with E-state index in [0.29, 0.717) is 5.95 Å². The van der Waals surface area contributed by atoms with Crippen LogP contribution in [-0.4, -0.2) is 46.3 Å². The SMILES string of the molecule is CCN(CC)CCCNc1nnc2ccccc2n1. The van der Waals surface area contributed by atoms with E-state index in [1.54, 1.807) is 0 Å². The van der Waals surface area contributed by atoms with E-state index in [0.717, 1.165) is 43.6 Å². The molecule has 0 saturated heterocycles. The van der Waals surface area contributed by atoms with Gasteiger partial charge in [-0.15, -0.1) is 10.2 Å². The van der Waals surface area contributed by atoms with Gasteiger partial charge < -0.3 is 10.2 Å². The van der Waals surface area contributed by atoms with Crippen molar-refractivity contribution in [3.8, 4) is 0 Å². The van der Waals surface area contributed by atoms with Gasteiger partial charge in [0.15, 0.2) is 0 Å². The van der Waals surface area contributed by atoms with Crippen molar-refractivity contribution in [3.63, 3.8) is 0 Å². The maximum atomic E-state index is 4.43. The summed E-state index contributed by atoms with van der Waals surface area (Å²) in [6.45, 7) is 8.55. The molecule has 5 nitrogen and oxygen atoms in total. The fraction of sp³-hybridized carbons (Fsp3) is 0.500. The number of para-hydroxylation sites is 1. The quantitative estimate of drug-likeness (QED) is 0.772. The predicted octanol–water partition coefficient (Wildman–Crippen LogP) is 2.17. The van der Waals surface area contributed by atoms with E-state index in [9.17, 15) is 0 Å². The van der Waals surface area contributed by atoms with Crippen LogP contribution < -0.4 is 5.32 Å². The van der Waals surface area contributed by atoms with Gasteiger partial charge in [0.05, 0.1) is 5.52 Å². The molecule has 2 aromatic rings. The molecule has 1 heterocycles. The number of benzene rings is 1. The lowest BCUT2D eigenvalue weighted by atomic mass is 10.3. The van der Waals surface area contributed by atoms with Gasteiger partial charge in [0.2, 0.25) is 5.95 Å². The fourth-order valence-corrected chi connectivity index (χ4v) is 2.00. The number of nitrogens with zero attached hydrogens (tertiary/aromatic N) is 4. The van der Waals surface area contributed by atoms with E-state index in [-0.39, 0.29) is 0 Å². The van der Waals surface area contributed by atoms with Crippen LogP contribution in [0.2, 0.25) is 0 Å². The number of hydrogen-bond donors (Lipinski definition) is 1. The summed E-state index contributed by atoms with van der Waals surface area (Å²) in [6.07, 6.45) is 1.08. The minimum atomic E-state index is 0.609. The number of hydrogen-bond acceptors (Lipinski definition) is 5. The average molecular weight is 259 g/mol. The van der Waals surface area contributed by atoms with Crippen LogP contribution in [-0.2, 0) is 0 Å². The summed E-state index contributed by atoms with van der Waals surface area (Å²) in [5.41, 5.74) is 1.71. The Bertz CT molecular complexity index is 510. The molecule has 0 amide bonds. The van der Waals surface area contributed by atoms with Gasteiger partial charge in [-0.1, -0.05) is 26.0 Å². The Labute approximate surface area is 114 Å². The van der Waals surface area contributed by atoms with Crippen molar-refractivity contribution in [1.82, 2.24) is 20.1 Å². The number of rotatable bonds is 7. The van der Waals surface area contributed by atoms with Crippen LogP contribution in [0.15, 0.2) is 24.3 Å².